The molecule has 0 fully saturated rings. The molecule has 2 atom stereocenters. The van der Waals surface area contributed by atoms with Crippen LogP contribution in [0.15, 0.2) is 11.5 Å². The molecular formula is C11H16O7. The van der Waals surface area contributed by atoms with Crippen molar-refractivity contribution in [3.8, 4) is 0 Å². The molecule has 0 saturated carbocycles. The van der Waals surface area contributed by atoms with Crippen LogP contribution in [0.1, 0.15) is 20.8 Å². The Labute approximate surface area is 104 Å². The minimum absolute atomic E-state index is 0.453. The summed E-state index contributed by atoms with van der Waals surface area (Å²) in [6.45, 7) is 4.47. The summed E-state index contributed by atoms with van der Waals surface area (Å²) in [5, 5.41) is 27.9. The topological polar surface area (TPSA) is 113 Å². The fourth-order valence-electron chi connectivity index (χ4n) is 1.19. The number of aliphatic hydroxyl groups excluding tert-OH is 3. The van der Waals surface area contributed by atoms with Crippen LogP contribution in [0.4, 0.5) is 0 Å². The minimum Gasteiger partial charge on any atom is -0.505 e. The fourth-order valence-corrected chi connectivity index (χ4v) is 1.19. The summed E-state index contributed by atoms with van der Waals surface area (Å²) < 4.78 is 9.32. The van der Waals surface area contributed by atoms with E-state index in [-0.39, 0.29) is 0 Å². The molecule has 7 nitrogen and oxygen atoms in total. The van der Waals surface area contributed by atoms with Crippen LogP contribution in [0.3, 0.4) is 0 Å². The number of esters is 2. The van der Waals surface area contributed by atoms with Crippen molar-refractivity contribution in [2.45, 2.75) is 33.0 Å². The molecule has 0 aromatic carbocycles. The van der Waals surface area contributed by atoms with Gasteiger partial charge in [0, 0.05) is 0 Å². The van der Waals surface area contributed by atoms with Crippen LogP contribution in [0.5, 0.6) is 0 Å². The van der Waals surface area contributed by atoms with E-state index in [4.69, 9.17) is 9.84 Å². The second kappa shape index (κ2) is 4.85. The molecule has 102 valence electrons. The van der Waals surface area contributed by atoms with E-state index >= 15 is 0 Å². The SMILES string of the molecule is CC(C)(C)C(=O)OC[C@H](O)[C@H]1OC(=O)C(O)=C1O. The highest BCUT2D eigenvalue weighted by molar-refractivity contribution is 5.89. The van der Waals surface area contributed by atoms with Crippen molar-refractivity contribution in [2.24, 2.45) is 5.41 Å². The summed E-state index contributed by atoms with van der Waals surface area (Å²) in [6.07, 6.45) is -2.85. The number of cyclic esters (lactones) is 1. The van der Waals surface area contributed by atoms with E-state index in [1.165, 1.54) is 0 Å². The normalized spacial score (nSPS) is 21.8. The number of aliphatic hydroxyl groups is 3. The Morgan fingerprint density at radius 3 is 2.39 bits per heavy atom. The molecule has 0 aromatic heterocycles. The van der Waals surface area contributed by atoms with E-state index in [0.29, 0.717) is 0 Å². The lowest BCUT2D eigenvalue weighted by Crippen LogP contribution is -2.35. The van der Waals surface area contributed by atoms with E-state index in [1.54, 1.807) is 20.8 Å². The average molecular weight is 260 g/mol. The van der Waals surface area contributed by atoms with E-state index in [0.717, 1.165) is 0 Å². The van der Waals surface area contributed by atoms with Gasteiger partial charge in [-0.3, -0.25) is 4.79 Å². The highest BCUT2D eigenvalue weighted by Crippen LogP contribution is 2.22. The summed E-state index contributed by atoms with van der Waals surface area (Å²) in [4.78, 5) is 22.3. The van der Waals surface area contributed by atoms with Crippen molar-refractivity contribution in [2.75, 3.05) is 6.61 Å². The molecular weight excluding hydrogens is 244 g/mol. The number of carbonyl (C=O) groups is 2. The van der Waals surface area contributed by atoms with Crippen molar-refractivity contribution in [1.82, 2.24) is 0 Å². The van der Waals surface area contributed by atoms with E-state index in [1.807, 2.05) is 0 Å². The lowest BCUT2D eigenvalue weighted by molar-refractivity contribution is -0.160. The zero-order valence-corrected chi connectivity index (χ0v) is 10.3. The first-order valence-electron chi connectivity index (χ1n) is 5.33. The molecule has 18 heavy (non-hydrogen) atoms. The largest absolute Gasteiger partial charge is 0.505 e. The van der Waals surface area contributed by atoms with Crippen LogP contribution in [0.25, 0.3) is 0 Å². The Kier molecular flexibility index (Phi) is 3.85. The predicted molar refractivity (Wildman–Crippen MR) is 58.6 cm³/mol. The summed E-state index contributed by atoms with van der Waals surface area (Å²) in [6, 6.07) is 0. The average Bonchev–Trinajstić information content (AvgIpc) is 2.52. The Hall–Kier alpha value is -1.76. The van der Waals surface area contributed by atoms with Gasteiger partial charge in [0.1, 0.15) is 12.7 Å². The third-order valence-corrected chi connectivity index (χ3v) is 2.29. The van der Waals surface area contributed by atoms with Gasteiger partial charge < -0.3 is 24.8 Å². The van der Waals surface area contributed by atoms with Crippen LogP contribution < -0.4 is 0 Å². The van der Waals surface area contributed by atoms with Gasteiger partial charge >= 0.3 is 11.9 Å². The van der Waals surface area contributed by atoms with Crippen LogP contribution in [0, 0.1) is 5.41 Å². The summed E-state index contributed by atoms with van der Waals surface area (Å²) in [5.41, 5.74) is -0.730. The molecule has 0 unspecified atom stereocenters. The van der Waals surface area contributed by atoms with E-state index < -0.39 is 47.7 Å². The highest BCUT2D eigenvalue weighted by Gasteiger charge is 2.40. The first-order valence-corrected chi connectivity index (χ1v) is 5.33. The monoisotopic (exact) mass is 260 g/mol. The number of ether oxygens (including phenoxy) is 2. The Morgan fingerprint density at radius 1 is 1.44 bits per heavy atom. The van der Waals surface area contributed by atoms with Gasteiger partial charge in [-0.2, -0.15) is 0 Å². The van der Waals surface area contributed by atoms with Gasteiger partial charge in [-0.05, 0) is 20.8 Å². The quantitative estimate of drug-likeness (QED) is 0.620. The van der Waals surface area contributed by atoms with E-state index in [9.17, 15) is 19.8 Å². The molecule has 0 radical (unpaired) electrons. The van der Waals surface area contributed by atoms with Gasteiger partial charge in [0.2, 0.25) is 5.76 Å². The van der Waals surface area contributed by atoms with Crippen molar-refractivity contribution >= 4 is 11.9 Å². The summed E-state index contributed by atoms with van der Waals surface area (Å²) in [7, 11) is 0. The van der Waals surface area contributed by atoms with Crippen molar-refractivity contribution in [3.63, 3.8) is 0 Å². The number of hydrogen-bond acceptors (Lipinski definition) is 7. The summed E-state index contributed by atoms with van der Waals surface area (Å²) >= 11 is 0. The maximum Gasteiger partial charge on any atom is 0.377 e. The number of carbonyl (C=O) groups excluding carboxylic acids is 2. The molecule has 0 saturated heterocycles. The second-order valence-electron chi connectivity index (χ2n) is 4.98. The predicted octanol–water partition coefficient (Wildman–Crippen LogP) is 0.190. The second-order valence-corrected chi connectivity index (χ2v) is 4.98. The van der Waals surface area contributed by atoms with Gasteiger partial charge in [-0.1, -0.05) is 0 Å². The smallest absolute Gasteiger partial charge is 0.377 e. The van der Waals surface area contributed by atoms with Crippen LogP contribution in [0.2, 0.25) is 0 Å². The third kappa shape index (κ3) is 2.92. The Morgan fingerprint density at radius 2 is 2.00 bits per heavy atom. The third-order valence-electron chi connectivity index (χ3n) is 2.29. The standard InChI is InChI=1S/C11H16O7/c1-11(2,3)10(16)17-4-5(12)8-6(13)7(14)9(15)18-8/h5,8,12-14H,4H2,1-3H3/t5-,8+/m0/s1. The van der Waals surface area contributed by atoms with Crippen molar-refractivity contribution in [1.29, 1.82) is 0 Å². The Bertz CT molecular complexity index is 391. The number of rotatable bonds is 3. The van der Waals surface area contributed by atoms with Crippen molar-refractivity contribution < 1.29 is 34.4 Å². The van der Waals surface area contributed by atoms with E-state index in [2.05, 4.69) is 4.74 Å². The van der Waals surface area contributed by atoms with Crippen LogP contribution in [-0.4, -0.2) is 46.1 Å². The molecule has 0 amide bonds. The van der Waals surface area contributed by atoms with Crippen LogP contribution >= 0.6 is 0 Å². The highest BCUT2D eigenvalue weighted by atomic mass is 16.6. The van der Waals surface area contributed by atoms with Gasteiger partial charge in [-0.15, -0.1) is 0 Å². The van der Waals surface area contributed by atoms with Gasteiger partial charge in [0.15, 0.2) is 11.9 Å². The zero-order chi connectivity index (χ0) is 14.1. The van der Waals surface area contributed by atoms with Crippen molar-refractivity contribution in [3.05, 3.63) is 11.5 Å². The molecule has 1 heterocycles. The fraction of sp³-hybridized carbons (Fsp3) is 0.636. The zero-order valence-electron chi connectivity index (χ0n) is 10.3. The lowest BCUT2D eigenvalue weighted by Gasteiger charge is -2.20. The maximum absolute atomic E-state index is 11.4. The molecule has 3 N–H and O–H groups in total. The number of hydrogen-bond donors (Lipinski definition) is 3. The molecule has 1 aliphatic heterocycles. The van der Waals surface area contributed by atoms with Crippen LogP contribution in [-0.2, 0) is 19.1 Å². The molecule has 0 bridgehead atoms. The molecule has 1 aliphatic rings. The first-order chi connectivity index (χ1) is 8.14. The van der Waals surface area contributed by atoms with Gasteiger partial charge in [0.25, 0.3) is 0 Å². The lowest BCUT2D eigenvalue weighted by atomic mass is 9.97. The van der Waals surface area contributed by atoms with Gasteiger partial charge in [-0.25, -0.2) is 4.79 Å². The Balaban J connectivity index is 2.56. The molecule has 7 heteroatoms. The molecule has 0 aliphatic carbocycles. The molecule has 0 aromatic rings. The first kappa shape index (κ1) is 14.3. The maximum atomic E-state index is 11.4. The minimum atomic E-state index is -1.44. The van der Waals surface area contributed by atoms with Gasteiger partial charge in [0.05, 0.1) is 5.41 Å². The molecule has 1 rings (SSSR count). The molecule has 0 spiro atoms. The summed E-state index contributed by atoms with van der Waals surface area (Å²) in [5.74, 6) is -3.38.